The van der Waals surface area contributed by atoms with Crippen LogP contribution in [-0.2, 0) is 6.54 Å². The molecule has 0 saturated carbocycles. The van der Waals surface area contributed by atoms with Crippen molar-refractivity contribution in [3.63, 3.8) is 0 Å². The summed E-state index contributed by atoms with van der Waals surface area (Å²) in [7, 11) is 1.55. The lowest BCUT2D eigenvalue weighted by molar-refractivity contribution is 0.0982. The molecular formula is C22H21NO3. The van der Waals surface area contributed by atoms with Crippen LogP contribution in [0.5, 0.6) is 11.5 Å². The molecule has 0 bridgehead atoms. The number of amides is 1. The lowest BCUT2D eigenvalue weighted by atomic mass is 10.1. The summed E-state index contributed by atoms with van der Waals surface area (Å²) < 4.78 is 5.35. The van der Waals surface area contributed by atoms with Crippen LogP contribution in [0.3, 0.4) is 0 Å². The van der Waals surface area contributed by atoms with Gasteiger partial charge in [0.25, 0.3) is 5.91 Å². The second-order valence-electron chi connectivity index (χ2n) is 6.06. The number of benzene rings is 3. The fourth-order valence-electron chi connectivity index (χ4n) is 2.86. The highest BCUT2D eigenvalue weighted by Crippen LogP contribution is 2.27. The molecule has 0 spiro atoms. The van der Waals surface area contributed by atoms with Crippen LogP contribution in [0.15, 0.2) is 72.8 Å². The Hall–Kier alpha value is -3.27. The number of aromatic hydroxyl groups is 1. The summed E-state index contributed by atoms with van der Waals surface area (Å²) >= 11 is 0. The van der Waals surface area contributed by atoms with Crippen LogP contribution >= 0.6 is 0 Å². The summed E-state index contributed by atoms with van der Waals surface area (Å²) in [6, 6.07) is 21.9. The third kappa shape index (κ3) is 3.70. The summed E-state index contributed by atoms with van der Waals surface area (Å²) in [5.41, 5.74) is 2.98. The Morgan fingerprint density at radius 3 is 2.46 bits per heavy atom. The summed E-state index contributed by atoms with van der Waals surface area (Å²) in [5.74, 6) is 0.502. The van der Waals surface area contributed by atoms with Crippen molar-refractivity contribution in [2.24, 2.45) is 0 Å². The number of aryl methyl sites for hydroxylation is 1. The zero-order chi connectivity index (χ0) is 18.5. The van der Waals surface area contributed by atoms with Crippen LogP contribution in [0.4, 0.5) is 5.69 Å². The van der Waals surface area contributed by atoms with Gasteiger partial charge in [0.15, 0.2) is 0 Å². The van der Waals surface area contributed by atoms with Crippen molar-refractivity contribution < 1.29 is 14.6 Å². The van der Waals surface area contributed by atoms with Gasteiger partial charge >= 0.3 is 0 Å². The maximum Gasteiger partial charge on any atom is 0.262 e. The quantitative estimate of drug-likeness (QED) is 0.736. The molecule has 3 aromatic carbocycles. The molecule has 0 aliphatic heterocycles. The number of para-hydroxylation sites is 2. The van der Waals surface area contributed by atoms with Gasteiger partial charge in [-0.3, -0.25) is 4.79 Å². The van der Waals surface area contributed by atoms with Gasteiger partial charge in [-0.25, -0.2) is 0 Å². The highest BCUT2D eigenvalue weighted by molar-refractivity contribution is 6.07. The second-order valence-corrected chi connectivity index (χ2v) is 6.06. The molecular weight excluding hydrogens is 326 g/mol. The van der Waals surface area contributed by atoms with Gasteiger partial charge in [0.1, 0.15) is 11.5 Å². The van der Waals surface area contributed by atoms with Crippen LogP contribution < -0.4 is 9.64 Å². The topological polar surface area (TPSA) is 49.8 Å². The van der Waals surface area contributed by atoms with Gasteiger partial charge in [0, 0.05) is 11.3 Å². The van der Waals surface area contributed by atoms with Crippen LogP contribution in [0.25, 0.3) is 0 Å². The van der Waals surface area contributed by atoms with E-state index < -0.39 is 0 Å². The standard InChI is InChI=1S/C22H21NO3/c1-16-8-7-10-18(14-16)23(15-17-9-3-5-12-20(17)24)22(25)19-11-4-6-13-21(19)26-2/h3-14,24H,15H2,1-2H3. The number of carbonyl (C=O) groups is 1. The molecule has 26 heavy (non-hydrogen) atoms. The number of anilines is 1. The van der Waals surface area contributed by atoms with Crippen LogP contribution in [-0.4, -0.2) is 18.1 Å². The SMILES string of the molecule is COc1ccccc1C(=O)N(Cc1ccccc1O)c1cccc(C)c1. The Morgan fingerprint density at radius 2 is 1.73 bits per heavy atom. The molecule has 0 heterocycles. The summed E-state index contributed by atoms with van der Waals surface area (Å²) in [6.45, 7) is 2.24. The minimum absolute atomic E-state index is 0.165. The highest BCUT2D eigenvalue weighted by atomic mass is 16.5. The Balaban J connectivity index is 2.05. The van der Waals surface area contributed by atoms with Gasteiger partial charge < -0.3 is 14.7 Å². The lowest BCUT2D eigenvalue weighted by Crippen LogP contribution is -2.30. The van der Waals surface area contributed by atoms with E-state index in [-0.39, 0.29) is 18.2 Å². The van der Waals surface area contributed by atoms with E-state index in [1.807, 2.05) is 55.5 Å². The second kappa shape index (κ2) is 7.74. The van der Waals surface area contributed by atoms with Crippen molar-refractivity contribution in [3.8, 4) is 11.5 Å². The van der Waals surface area contributed by atoms with Crippen LogP contribution in [0, 0.1) is 6.92 Å². The number of nitrogens with zero attached hydrogens (tertiary/aromatic N) is 1. The monoisotopic (exact) mass is 347 g/mol. The molecule has 1 amide bonds. The first kappa shape index (κ1) is 17.5. The lowest BCUT2D eigenvalue weighted by Gasteiger charge is -2.24. The fourth-order valence-corrected chi connectivity index (χ4v) is 2.86. The molecule has 0 aliphatic carbocycles. The summed E-state index contributed by atoms with van der Waals surface area (Å²) in [5, 5.41) is 10.2. The third-order valence-electron chi connectivity index (χ3n) is 4.22. The molecule has 0 radical (unpaired) electrons. The van der Waals surface area contributed by atoms with Crippen molar-refractivity contribution in [1.82, 2.24) is 0 Å². The molecule has 4 heteroatoms. The number of ether oxygens (including phenoxy) is 1. The number of phenolic OH excluding ortho intramolecular Hbond substituents is 1. The third-order valence-corrected chi connectivity index (χ3v) is 4.22. The van der Waals surface area contributed by atoms with Crippen molar-refractivity contribution in [2.75, 3.05) is 12.0 Å². The smallest absolute Gasteiger partial charge is 0.262 e. The van der Waals surface area contributed by atoms with Gasteiger partial charge in [-0.2, -0.15) is 0 Å². The number of rotatable bonds is 5. The van der Waals surface area contributed by atoms with E-state index in [0.717, 1.165) is 11.3 Å². The minimum atomic E-state index is -0.184. The Morgan fingerprint density at radius 1 is 1.00 bits per heavy atom. The van der Waals surface area contributed by atoms with E-state index in [9.17, 15) is 9.90 Å². The Bertz CT molecular complexity index is 921. The normalized spacial score (nSPS) is 10.4. The van der Waals surface area contributed by atoms with Crippen LogP contribution in [0.1, 0.15) is 21.5 Å². The van der Waals surface area contributed by atoms with E-state index in [1.54, 1.807) is 36.3 Å². The zero-order valence-corrected chi connectivity index (χ0v) is 14.8. The summed E-state index contributed by atoms with van der Waals surface area (Å²) in [4.78, 5) is 15.0. The highest BCUT2D eigenvalue weighted by Gasteiger charge is 2.22. The average molecular weight is 347 g/mol. The molecule has 132 valence electrons. The first-order chi connectivity index (χ1) is 12.6. The number of methoxy groups -OCH3 is 1. The minimum Gasteiger partial charge on any atom is -0.508 e. The molecule has 0 saturated heterocycles. The molecule has 1 N–H and O–H groups in total. The van der Waals surface area contributed by atoms with E-state index in [0.29, 0.717) is 16.9 Å². The maximum atomic E-state index is 13.3. The molecule has 0 unspecified atom stereocenters. The number of carbonyl (C=O) groups excluding carboxylic acids is 1. The van der Waals surface area contributed by atoms with Crippen molar-refractivity contribution in [1.29, 1.82) is 0 Å². The zero-order valence-electron chi connectivity index (χ0n) is 14.8. The molecule has 0 aromatic heterocycles. The average Bonchev–Trinajstić information content (AvgIpc) is 2.67. The molecule has 3 aromatic rings. The first-order valence-corrected chi connectivity index (χ1v) is 8.38. The van der Waals surface area contributed by atoms with E-state index in [1.165, 1.54) is 0 Å². The van der Waals surface area contributed by atoms with Crippen molar-refractivity contribution >= 4 is 11.6 Å². The Labute approximate surface area is 153 Å². The van der Waals surface area contributed by atoms with E-state index in [4.69, 9.17) is 4.74 Å². The molecule has 3 rings (SSSR count). The molecule has 4 nitrogen and oxygen atoms in total. The summed E-state index contributed by atoms with van der Waals surface area (Å²) in [6.07, 6.45) is 0. The van der Waals surface area contributed by atoms with E-state index in [2.05, 4.69) is 0 Å². The predicted molar refractivity (Wildman–Crippen MR) is 103 cm³/mol. The van der Waals surface area contributed by atoms with E-state index >= 15 is 0 Å². The predicted octanol–water partition coefficient (Wildman–Crippen LogP) is 4.56. The number of hydrogen-bond donors (Lipinski definition) is 1. The van der Waals surface area contributed by atoms with Crippen molar-refractivity contribution in [3.05, 3.63) is 89.5 Å². The molecule has 0 fully saturated rings. The van der Waals surface area contributed by atoms with Gasteiger partial charge in [-0.1, -0.05) is 42.5 Å². The van der Waals surface area contributed by atoms with Gasteiger partial charge in [-0.15, -0.1) is 0 Å². The van der Waals surface area contributed by atoms with Crippen molar-refractivity contribution in [2.45, 2.75) is 13.5 Å². The largest absolute Gasteiger partial charge is 0.508 e. The van der Waals surface area contributed by atoms with Gasteiger partial charge in [0.2, 0.25) is 0 Å². The fraction of sp³-hybridized carbons (Fsp3) is 0.136. The first-order valence-electron chi connectivity index (χ1n) is 8.38. The van der Waals surface area contributed by atoms with Gasteiger partial charge in [0.05, 0.1) is 19.2 Å². The van der Waals surface area contributed by atoms with Crippen LogP contribution in [0.2, 0.25) is 0 Å². The maximum absolute atomic E-state index is 13.3. The number of hydrogen-bond acceptors (Lipinski definition) is 3. The molecule has 0 aliphatic rings. The molecule has 0 atom stereocenters. The number of phenols is 1. The Kier molecular flexibility index (Phi) is 5.23. The van der Waals surface area contributed by atoms with Gasteiger partial charge in [-0.05, 0) is 42.8 Å².